The van der Waals surface area contributed by atoms with Gasteiger partial charge >= 0.3 is 0 Å². The van der Waals surface area contributed by atoms with Crippen LogP contribution in [0.5, 0.6) is 5.75 Å². The number of rotatable bonds is 2. The summed E-state index contributed by atoms with van der Waals surface area (Å²) in [4.78, 5) is 27.1. The van der Waals surface area contributed by atoms with Crippen molar-refractivity contribution in [2.75, 3.05) is 18.1 Å². The molecule has 1 aromatic carbocycles. The Bertz CT molecular complexity index is 785. The first-order valence-corrected chi connectivity index (χ1v) is 9.67. The Hall–Kier alpha value is -1.86. The summed E-state index contributed by atoms with van der Waals surface area (Å²) in [7, 11) is 0. The minimum atomic E-state index is -0.178. The molecule has 0 aromatic heterocycles. The fourth-order valence-corrected chi connectivity index (χ4v) is 4.56. The van der Waals surface area contributed by atoms with Crippen molar-refractivity contribution >= 4 is 51.9 Å². The SMILES string of the molecule is O=C1NC(=S)SC1=Cc1ccc2c(c1)N(C(=O)C1CCCC1)CCO2. The third-order valence-corrected chi connectivity index (χ3v) is 5.92. The monoisotopic (exact) mass is 374 g/mol. The van der Waals surface area contributed by atoms with E-state index in [0.29, 0.717) is 22.4 Å². The molecule has 2 aliphatic heterocycles. The Kier molecular flexibility index (Phi) is 4.52. The molecule has 0 radical (unpaired) electrons. The average molecular weight is 374 g/mol. The second-order valence-corrected chi connectivity index (χ2v) is 8.12. The van der Waals surface area contributed by atoms with Gasteiger partial charge in [0.1, 0.15) is 16.7 Å². The van der Waals surface area contributed by atoms with Crippen molar-refractivity contribution in [3.05, 3.63) is 28.7 Å². The molecule has 2 heterocycles. The molecule has 1 aromatic rings. The zero-order chi connectivity index (χ0) is 17.4. The van der Waals surface area contributed by atoms with Crippen molar-refractivity contribution in [1.82, 2.24) is 5.32 Å². The van der Waals surface area contributed by atoms with Gasteiger partial charge in [-0.25, -0.2) is 0 Å². The molecule has 2 fully saturated rings. The maximum absolute atomic E-state index is 12.9. The van der Waals surface area contributed by atoms with Crippen LogP contribution in [-0.4, -0.2) is 29.3 Å². The Balaban J connectivity index is 1.64. The normalized spacial score (nSPS) is 22.1. The standard InChI is InChI=1S/C18H18N2O3S2/c21-16-15(25-18(24)19-16)10-11-5-6-14-13(9-11)20(7-8-23-14)17(22)12-3-1-2-4-12/h5-6,9-10,12H,1-4,7-8H2,(H,19,21,24). The number of thioether (sulfide) groups is 1. The summed E-state index contributed by atoms with van der Waals surface area (Å²) in [5, 5.41) is 2.61. The molecule has 1 saturated carbocycles. The van der Waals surface area contributed by atoms with E-state index in [1.165, 1.54) is 11.8 Å². The predicted octanol–water partition coefficient (Wildman–Crippen LogP) is 3.09. The topological polar surface area (TPSA) is 58.6 Å². The van der Waals surface area contributed by atoms with Crippen LogP contribution in [0.15, 0.2) is 23.1 Å². The highest BCUT2D eigenvalue weighted by Crippen LogP contribution is 2.37. The number of fused-ring (bicyclic) bond motifs is 1. The number of ether oxygens (including phenoxy) is 1. The first-order valence-electron chi connectivity index (χ1n) is 8.45. The number of hydrogen-bond donors (Lipinski definition) is 1. The summed E-state index contributed by atoms with van der Waals surface area (Å²) in [6.07, 6.45) is 6.01. The Labute approximate surface area is 155 Å². The number of hydrogen-bond acceptors (Lipinski definition) is 5. The van der Waals surface area contributed by atoms with Gasteiger partial charge < -0.3 is 15.0 Å². The van der Waals surface area contributed by atoms with Crippen molar-refractivity contribution in [2.45, 2.75) is 25.7 Å². The van der Waals surface area contributed by atoms with Gasteiger partial charge in [0.05, 0.1) is 17.1 Å². The Morgan fingerprint density at radius 3 is 2.88 bits per heavy atom. The van der Waals surface area contributed by atoms with Crippen LogP contribution in [0.1, 0.15) is 31.2 Å². The highest BCUT2D eigenvalue weighted by molar-refractivity contribution is 8.26. The number of carbonyl (C=O) groups excluding carboxylic acids is 2. The summed E-state index contributed by atoms with van der Waals surface area (Å²) in [5.74, 6) is 0.865. The molecule has 0 bridgehead atoms. The van der Waals surface area contributed by atoms with Gasteiger partial charge in [0.25, 0.3) is 5.91 Å². The highest BCUT2D eigenvalue weighted by Gasteiger charge is 2.31. The lowest BCUT2D eigenvalue weighted by Gasteiger charge is -2.31. The van der Waals surface area contributed by atoms with Crippen LogP contribution in [0.4, 0.5) is 5.69 Å². The Morgan fingerprint density at radius 2 is 2.16 bits per heavy atom. The smallest absolute Gasteiger partial charge is 0.263 e. The molecule has 0 atom stereocenters. The van der Waals surface area contributed by atoms with E-state index in [2.05, 4.69) is 5.32 Å². The molecule has 0 spiro atoms. The molecular weight excluding hydrogens is 356 g/mol. The van der Waals surface area contributed by atoms with Gasteiger partial charge in [-0.2, -0.15) is 0 Å². The van der Waals surface area contributed by atoms with Crippen molar-refractivity contribution in [3.8, 4) is 5.75 Å². The van der Waals surface area contributed by atoms with Crippen molar-refractivity contribution in [1.29, 1.82) is 0 Å². The number of anilines is 1. The highest BCUT2D eigenvalue weighted by atomic mass is 32.2. The number of carbonyl (C=O) groups is 2. The molecule has 0 unspecified atom stereocenters. The maximum atomic E-state index is 12.9. The van der Waals surface area contributed by atoms with E-state index in [4.69, 9.17) is 17.0 Å². The summed E-state index contributed by atoms with van der Waals surface area (Å²) in [6, 6.07) is 5.68. The molecule has 1 aliphatic carbocycles. The minimum absolute atomic E-state index is 0.126. The summed E-state index contributed by atoms with van der Waals surface area (Å²) >= 11 is 6.27. The number of benzene rings is 1. The number of amides is 2. The van der Waals surface area contributed by atoms with Crippen molar-refractivity contribution in [2.24, 2.45) is 5.92 Å². The van der Waals surface area contributed by atoms with E-state index in [1.54, 1.807) is 6.08 Å². The first-order chi connectivity index (χ1) is 12.1. The fourth-order valence-electron chi connectivity index (χ4n) is 3.52. The van der Waals surface area contributed by atoms with E-state index >= 15 is 0 Å². The van der Waals surface area contributed by atoms with Crippen molar-refractivity contribution < 1.29 is 14.3 Å². The lowest BCUT2D eigenvalue weighted by molar-refractivity contribution is -0.122. The lowest BCUT2D eigenvalue weighted by Crippen LogP contribution is -2.41. The van der Waals surface area contributed by atoms with E-state index < -0.39 is 0 Å². The summed E-state index contributed by atoms with van der Waals surface area (Å²) in [6.45, 7) is 1.08. The van der Waals surface area contributed by atoms with Gasteiger partial charge in [-0.15, -0.1) is 0 Å². The molecule has 1 N–H and O–H groups in total. The second kappa shape index (κ2) is 6.80. The Morgan fingerprint density at radius 1 is 1.36 bits per heavy atom. The lowest BCUT2D eigenvalue weighted by atomic mass is 10.0. The number of thiocarbonyl (C=S) groups is 1. The molecule has 130 valence electrons. The quantitative estimate of drug-likeness (QED) is 0.637. The zero-order valence-corrected chi connectivity index (χ0v) is 15.3. The maximum Gasteiger partial charge on any atom is 0.263 e. The average Bonchev–Trinajstić information content (AvgIpc) is 3.24. The van der Waals surface area contributed by atoms with Crippen molar-refractivity contribution in [3.63, 3.8) is 0 Å². The third-order valence-electron chi connectivity index (χ3n) is 4.76. The van der Waals surface area contributed by atoms with Crippen LogP contribution < -0.4 is 15.0 Å². The van der Waals surface area contributed by atoms with Crippen LogP contribution in [0.25, 0.3) is 6.08 Å². The van der Waals surface area contributed by atoms with Gasteiger partial charge in [0.2, 0.25) is 5.91 Å². The fraction of sp³-hybridized carbons (Fsp3) is 0.389. The predicted molar refractivity (Wildman–Crippen MR) is 103 cm³/mol. The molecule has 1 saturated heterocycles. The minimum Gasteiger partial charge on any atom is -0.490 e. The molecular formula is C18H18N2O3S2. The van der Waals surface area contributed by atoms with E-state index in [-0.39, 0.29) is 17.7 Å². The van der Waals surface area contributed by atoms with E-state index in [1.807, 2.05) is 23.1 Å². The van der Waals surface area contributed by atoms with Crippen LogP contribution in [0.3, 0.4) is 0 Å². The zero-order valence-electron chi connectivity index (χ0n) is 13.6. The molecule has 2 amide bonds. The first kappa shape index (κ1) is 16.6. The largest absolute Gasteiger partial charge is 0.490 e. The van der Waals surface area contributed by atoms with Crippen LogP contribution >= 0.6 is 24.0 Å². The van der Waals surface area contributed by atoms with Gasteiger partial charge in [0, 0.05) is 5.92 Å². The van der Waals surface area contributed by atoms with Crippen LogP contribution in [0, 0.1) is 5.92 Å². The van der Waals surface area contributed by atoms with Gasteiger partial charge in [-0.3, -0.25) is 9.59 Å². The molecule has 4 rings (SSSR count). The van der Waals surface area contributed by atoms with Gasteiger partial charge in [-0.05, 0) is 36.6 Å². The van der Waals surface area contributed by atoms with E-state index in [9.17, 15) is 9.59 Å². The number of nitrogens with one attached hydrogen (secondary N) is 1. The number of nitrogens with zero attached hydrogens (tertiary/aromatic N) is 1. The third kappa shape index (κ3) is 3.30. The van der Waals surface area contributed by atoms with Gasteiger partial charge in [-0.1, -0.05) is 42.9 Å². The molecule has 3 aliphatic rings. The second-order valence-electron chi connectivity index (χ2n) is 6.40. The van der Waals surface area contributed by atoms with E-state index in [0.717, 1.165) is 42.7 Å². The summed E-state index contributed by atoms with van der Waals surface area (Å²) in [5.41, 5.74) is 1.65. The summed E-state index contributed by atoms with van der Waals surface area (Å²) < 4.78 is 6.18. The van der Waals surface area contributed by atoms with Crippen LogP contribution in [-0.2, 0) is 9.59 Å². The van der Waals surface area contributed by atoms with Gasteiger partial charge in [0.15, 0.2) is 0 Å². The molecule has 5 nitrogen and oxygen atoms in total. The molecule has 25 heavy (non-hydrogen) atoms. The molecule has 7 heteroatoms. The van der Waals surface area contributed by atoms with Crippen LogP contribution in [0.2, 0.25) is 0 Å².